The molecule has 2 heterocycles. The molecule has 1 amide bonds. The minimum Gasteiger partial charge on any atom is -0.321 e. The second-order valence-electron chi connectivity index (χ2n) is 7.15. The van der Waals surface area contributed by atoms with Crippen LogP contribution in [0.25, 0.3) is 28.0 Å². The van der Waals surface area contributed by atoms with Crippen molar-refractivity contribution in [2.75, 3.05) is 5.32 Å². The van der Waals surface area contributed by atoms with E-state index in [0.717, 1.165) is 28.0 Å². The third kappa shape index (κ3) is 3.81. The highest BCUT2D eigenvalue weighted by molar-refractivity contribution is 6.31. The van der Waals surface area contributed by atoms with E-state index in [-0.39, 0.29) is 5.91 Å². The third-order valence-electron chi connectivity index (χ3n) is 5.11. The summed E-state index contributed by atoms with van der Waals surface area (Å²) in [4.78, 5) is 17.6. The fourth-order valence-corrected chi connectivity index (χ4v) is 3.78. The Morgan fingerprint density at radius 1 is 0.839 bits per heavy atom. The van der Waals surface area contributed by atoms with Gasteiger partial charge in [0.2, 0.25) is 0 Å². The van der Waals surface area contributed by atoms with Gasteiger partial charge in [-0.25, -0.2) is 4.98 Å². The minimum atomic E-state index is -0.176. The zero-order valence-corrected chi connectivity index (χ0v) is 17.3. The van der Waals surface area contributed by atoms with Gasteiger partial charge in [-0.1, -0.05) is 60.1 Å². The first-order valence-corrected chi connectivity index (χ1v) is 10.3. The second kappa shape index (κ2) is 8.09. The smallest absolute Gasteiger partial charge is 0.255 e. The van der Waals surface area contributed by atoms with Crippen molar-refractivity contribution in [1.29, 1.82) is 0 Å². The van der Waals surface area contributed by atoms with E-state index >= 15 is 0 Å². The molecule has 31 heavy (non-hydrogen) atoms. The van der Waals surface area contributed by atoms with E-state index < -0.39 is 0 Å². The molecule has 0 atom stereocenters. The molecule has 0 fully saturated rings. The largest absolute Gasteiger partial charge is 0.321 e. The van der Waals surface area contributed by atoms with Crippen molar-refractivity contribution in [3.63, 3.8) is 0 Å². The lowest BCUT2D eigenvalue weighted by atomic mass is 10.0. The summed E-state index contributed by atoms with van der Waals surface area (Å²) in [5.41, 5.74) is 5.68. The molecule has 0 saturated heterocycles. The standard InChI is InChI=1S/C26H18ClN3O/c27-20-13-14-23(29-26(31)19-10-5-2-6-11-19)22(16-20)21-12-7-15-30-17-24(28-25(21)30)18-8-3-1-4-9-18/h1-17H,(H,29,31). The number of halogens is 1. The Labute approximate surface area is 184 Å². The van der Waals surface area contributed by atoms with Crippen molar-refractivity contribution in [3.8, 4) is 22.4 Å². The van der Waals surface area contributed by atoms with Crippen LogP contribution >= 0.6 is 11.6 Å². The van der Waals surface area contributed by atoms with Crippen molar-refractivity contribution < 1.29 is 4.79 Å². The van der Waals surface area contributed by atoms with E-state index in [2.05, 4.69) is 5.32 Å². The Bertz CT molecular complexity index is 1380. The van der Waals surface area contributed by atoms with Gasteiger partial charge in [0.05, 0.1) is 5.69 Å². The first-order chi connectivity index (χ1) is 15.2. The van der Waals surface area contributed by atoms with Crippen LogP contribution in [-0.4, -0.2) is 15.3 Å². The van der Waals surface area contributed by atoms with Crippen LogP contribution in [0.1, 0.15) is 10.4 Å². The van der Waals surface area contributed by atoms with Gasteiger partial charge in [-0.3, -0.25) is 4.79 Å². The molecule has 0 saturated carbocycles. The summed E-state index contributed by atoms with van der Waals surface area (Å²) >= 11 is 6.33. The number of anilines is 1. The van der Waals surface area contributed by atoms with Gasteiger partial charge in [0.15, 0.2) is 0 Å². The topological polar surface area (TPSA) is 46.4 Å². The van der Waals surface area contributed by atoms with E-state index in [1.807, 2.05) is 89.6 Å². The maximum absolute atomic E-state index is 12.8. The van der Waals surface area contributed by atoms with Crippen molar-refractivity contribution in [2.24, 2.45) is 0 Å². The number of pyridine rings is 1. The van der Waals surface area contributed by atoms with Crippen molar-refractivity contribution in [2.45, 2.75) is 0 Å². The maximum Gasteiger partial charge on any atom is 0.255 e. The Morgan fingerprint density at radius 2 is 1.58 bits per heavy atom. The molecule has 5 heteroatoms. The molecule has 4 nitrogen and oxygen atoms in total. The molecule has 150 valence electrons. The number of nitrogens with zero attached hydrogens (tertiary/aromatic N) is 2. The number of carbonyl (C=O) groups is 1. The number of benzene rings is 3. The van der Waals surface area contributed by atoms with E-state index in [1.54, 1.807) is 18.2 Å². The van der Waals surface area contributed by atoms with Crippen LogP contribution < -0.4 is 5.32 Å². The Morgan fingerprint density at radius 3 is 2.35 bits per heavy atom. The van der Waals surface area contributed by atoms with Crippen LogP contribution in [0.5, 0.6) is 0 Å². The predicted molar refractivity (Wildman–Crippen MR) is 125 cm³/mol. The normalized spacial score (nSPS) is 10.9. The molecule has 0 aliphatic carbocycles. The molecular formula is C26H18ClN3O. The fourth-order valence-electron chi connectivity index (χ4n) is 3.60. The van der Waals surface area contributed by atoms with E-state index in [9.17, 15) is 4.79 Å². The zero-order valence-electron chi connectivity index (χ0n) is 16.5. The summed E-state index contributed by atoms with van der Waals surface area (Å²) in [5, 5.41) is 3.61. The van der Waals surface area contributed by atoms with E-state index in [1.165, 1.54) is 0 Å². The summed E-state index contributed by atoms with van der Waals surface area (Å²) in [6.07, 6.45) is 3.96. The van der Waals surface area contributed by atoms with Gasteiger partial charge in [-0.05, 0) is 42.5 Å². The van der Waals surface area contributed by atoms with Crippen molar-refractivity contribution in [1.82, 2.24) is 9.38 Å². The number of carbonyl (C=O) groups excluding carboxylic acids is 1. The Balaban J connectivity index is 1.61. The van der Waals surface area contributed by atoms with Gasteiger partial charge in [0.1, 0.15) is 5.65 Å². The minimum absolute atomic E-state index is 0.176. The molecule has 5 aromatic rings. The van der Waals surface area contributed by atoms with Crippen LogP contribution in [0.15, 0.2) is 103 Å². The lowest BCUT2D eigenvalue weighted by Gasteiger charge is -2.13. The molecule has 1 N–H and O–H groups in total. The molecule has 3 aromatic carbocycles. The summed E-state index contributed by atoms with van der Waals surface area (Å²) in [6.45, 7) is 0. The highest BCUT2D eigenvalue weighted by Gasteiger charge is 2.15. The second-order valence-corrected chi connectivity index (χ2v) is 7.59. The maximum atomic E-state index is 12.8. The van der Waals surface area contributed by atoms with Crippen LogP contribution in [0.3, 0.4) is 0 Å². The number of aromatic nitrogens is 2. The highest BCUT2D eigenvalue weighted by Crippen LogP contribution is 2.34. The first-order valence-electron chi connectivity index (χ1n) is 9.88. The molecule has 5 rings (SSSR count). The number of imidazole rings is 1. The summed E-state index contributed by atoms with van der Waals surface area (Å²) in [5.74, 6) is -0.176. The monoisotopic (exact) mass is 423 g/mol. The molecule has 2 aromatic heterocycles. The molecule has 0 unspecified atom stereocenters. The molecule has 0 aliphatic heterocycles. The van der Waals surface area contributed by atoms with Crippen LogP contribution in [0, 0.1) is 0 Å². The Kier molecular flexibility index (Phi) is 4.98. The average Bonchev–Trinajstić information content (AvgIpc) is 3.26. The quantitative estimate of drug-likeness (QED) is 0.355. The Hall–Kier alpha value is -3.89. The van der Waals surface area contributed by atoms with Crippen LogP contribution in [-0.2, 0) is 0 Å². The fraction of sp³-hybridized carbons (Fsp3) is 0. The lowest BCUT2D eigenvalue weighted by molar-refractivity contribution is 0.102. The molecule has 0 radical (unpaired) electrons. The molecule has 0 bridgehead atoms. The van der Waals surface area contributed by atoms with Crippen molar-refractivity contribution in [3.05, 3.63) is 114 Å². The van der Waals surface area contributed by atoms with Crippen LogP contribution in [0.4, 0.5) is 5.69 Å². The van der Waals surface area contributed by atoms with E-state index in [0.29, 0.717) is 16.3 Å². The van der Waals surface area contributed by atoms with Gasteiger partial charge in [0, 0.05) is 45.4 Å². The van der Waals surface area contributed by atoms with Crippen molar-refractivity contribution >= 4 is 28.8 Å². The van der Waals surface area contributed by atoms with Gasteiger partial charge in [0.25, 0.3) is 5.91 Å². The number of amides is 1. The predicted octanol–water partition coefficient (Wildman–Crippen LogP) is 6.57. The van der Waals surface area contributed by atoms with Gasteiger partial charge < -0.3 is 9.72 Å². The summed E-state index contributed by atoms with van der Waals surface area (Å²) < 4.78 is 1.99. The van der Waals surface area contributed by atoms with Gasteiger partial charge in [-0.15, -0.1) is 0 Å². The average molecular weight is 424 g/mol. The first kappa shape index (κ1) is 19.1. The third-order valence-corrected chi connectivity index (χ3v) is 5.34. The molecule has 0 spiro atoms. The van der Waals surface area contributed by atoms with E-state index in [4.69, 9.17) is 16.6 Å². The molecular weight excluding hydrogens is 406 g/mol. The SMILES string of the molecule is O=C(Nc1ccc(Cl)cc1-c1cccn2cc(-c3ccccc3)nc12)c1ccccc1. The number of rotatable bonds is 4. The summed E-state index contributed by atoms with van der Waals surface area (Å²) in [6, 6.07) is 28.6. The van der Waals surface area contributed by atoms with Crippen LogP contribution in [0.2, 0.25) is 5.02 Å². The number of nitrogens with one attached hydrogen (secondary N) is 1. The molecule has 0 aliphatic rings. The zero-order chi connectivity index (χ0) is 21.2. The number of fused-ring (bicyclic) bond motifs is 1. The summed E-state index contributed by atoms with van der Waals surface area (Å²) in [7, 11) is 0. The number of hydrogen-bond donors (Lipinski definition) is 1. The number of hydrogen-bond acceptors (Lipinski definition) is 2. The lowest BCUT2D eigenvalue weighted by Crippen LogP contribution is -2.12. The van der Waals surface area contributed by atoms with Gasteiger partial charge >= 0.3 is 0 Å². The van der Waals surface area contributed by atoms with Gasteiger partial charge in [-0.2, -0.15) is 0 Å². The highest BCUT2D eigenvalue weighted by atomic mass is 35.5.